The molecule has 0 aliphatic rings. The normalized spacial score (nSPS) is 10.7. The van der Waals surface area contributed by atoms with Crippen molar-refractivity contribution < 1.29 is 9.18 Å². The van der Waals surface area contributed by atoms with E-state index in [1.54, 1.807) is 12.1 Å². The van der Waals surface area contributed by atoms with E-state index in [4.69, 9.17) is 0 Å². The summed E-state index contributed by atoms with van der Waals surface area (Å²) in [5.74, 6) is -0.390. The lowest BCUT2D eigenvalue weighted by atomic mass is 10.1. The molecule has 0 atom stereocenters. The van der Waals surface area contributed by atoms with Gasteiger partial charge in [0.1, 0.15) is 5.82 Å². The Balaban J connectivity index is 2.68. The summed E-state index contributed by atoms with van der Waals surface area (Å²) in [4.78, 5) is 13.7. The van der Waals surface area contributed by atoms with Crippen LogP contribution in [0, 0.1) is 5.82 Å². The minimum absolute atomic E-state index is 0.0294. The number of Topliss-reactive ketones (excluding diaryl/α,β-unsaturated/α-hetero) is 1. The Bertz CT molecular complexity index is 334. The summed E-state index contributed by atoms with van der Waals surface area (Å²) >= 11 is 0. The highest BCUT2D eigenvalue weighted by Gasteiger charge is 2.10. The van der Waals surface area contributed by atoms with Gasteiger partial charge in [-0.15, -0.1) is 0 Å². The van der Waals surface area contributed by atoms with Crippen molar-refractivity contribution in [2.75, 3.05) is 19.6 Å². The summed E-state index contributed by atoms with van der Waals surface area (Å²) in [7, 11) is 0. The first-order chi connectivity index (χ1) is 7.17. The van der Waals surface area contributed by atoms with Gasteiger partial charge in [0.05, 0.1) is 6.54 Å². The summed E-state index contributed by atoms with van der Waals surface area (Å²) in [6.07, 6.45) is 0. The third kappa shape index (κ3) is 3.44. The van der Waals surface area contributed by atoms with Gasteiger partial charge in [-0.3, -0.25) is 9.69 Å². The van der Waals surface area contributed by atoms with Crippen molar-refractivity contribution in [3.8, 4) is 0 Å². The molecule has 3 heteroatoms. The predicted octanol–water partition coefficient (Wildman–Crippen LogP) is 2.35. The molecule has 1 rings (SSSR count). The van der Waals surface area contributed by atoms with Crippen molar-refractivity contribution in [3.05, 3.63) is 35.6 Å². The SMILES string of the molecule is CCN(CC)CC(=O)c1cccc(F)c1. The Labute approximate surface area is 89.7 Å². The van der Waals surface area contributed by atoms with E-state index in [0.29, 0.717) is 12.1 Å². The molecule has 0 unspecified atom stereocenters. The average Bonchev–Trinajstić information content (AvgIpc) is 2.25. The van der Waals surface area contributed by atoms with Crippen LogP contribution in [0.15, 0.2) is 24.3 Å². The standard InChI is InChI=1S/C12H16FNO/c1-3-14(4-2)9-12(15)10-6-5-7-11(13)8-10/h5-8H,3-4,9H2,1-2H3. The lowest BCUT2D eigenvalue weighted by Crippen LogP contribution is -2.29. The maximum atomic E-state index is 12.9. The van der Waals surface area contributed by atoms with Crippen molar-refractivity contribution in [3.63, 3.8) is 0 Å². The second-order valence-electron chi connectivity index (χ2n) is 3.39. The van der Waals surface area contributed by atoms with E-state index in [9.17, 15) is 9.18 Å². The second kappa shape index (κ2) is 5.61. The fourth-order valence-corrected chi connectivity index (χ4v) is 1.40. The predicted molar refractivity (Wildman–Crippen MR) is 58.5 cm³/mol. The number of carbonyl (C=O) groups excluding carboxylic acids is 1. The molecule has 0 N–H and O–H groups in total. The van der Waals surface area contributed by atoms with E-state index >= 15 is 0 Å². The molecule has 15 heavy (non-hydrogen) atoms. The molecule has 0 aliphatic carbocycles. The summed E-state index contributed by atoms with van der Waals surface area (Å²) in [5, 5.41) is 0. The zero-order valence-electron chi connectivity index (χ0n) is 9.16. The lowest BCUT2D eigenvalue weighted by molar-refractivity contribution is 0.0937. The topological polar surface area (TPSA) is 20.3 Å². The van der Waals surface area contributed by atoms with Gasteiger partial charge in [-0.05, 0) is 25.2 Å². The molecule has 0 aliphatic heterocycles. The monoisotopic (exact) mass is 209 g/mol. The van der Waals surface area contributed by atoms with Gasteiger partial charge in [0.15, 0.2) is 5.78 Å². The number of hydrogen-bond donors (Lipinski definition) is 0. The molecule has 0 saturated carbocycles. The molecule has 82 valence electrons. The van der Waals surface area contributed by atoms with Crippen molar-refractivity contribution >= 4 is 5.78 Å². The van der Waals surface area contributed by atoms with Crippen LogP contribution in [0.5, 0.6) is 0 Å². The van der Waals surface area contributed by atoms with Gasteiger partial charge in [-0.2, -0.15) is 0 Å². The molecule has 2 nitrogen and oxygen atoms in total. The first-order valence-corrected chi connectivity index (χ1v) is 5.18. The van der Waals surface area contributed by atoms with Gasteiger partial charge in [0.2, 0.25) is 0 Å². The summed E-state index contributed by atoms with van der Waals surface area (Å²) in [6, 6.07) is 5.83. The Kier molecular flexibility index (Phi) is 4.43. The van der Waals surface area contributed by atoms with Crippen molar-refractivity contribution in [2.24, 2.45) is 0 Å². The number of likely N-dealkylation sites (N-methyl/N-ethyl adjacent to an activating group) is 1. The minimum Gasteiger partial charge on any atom is -0.296 e. The zero-order valence-corrected chi connectivity index (χ0v) is 9.16. The maximum absolute atomic E-state index is 12.9. The number of rotatable bonds is 5. The minimum atomic E-state index is -0.361. The Hall–Kier alpha value is -1.22. The molecule has 0 bridgehead atoms. The number of benzene rings is 1. The summed E-state index contributed by atoms with van der Waals surface area (Å²) in [6.45, 7) is 6.02. The van der Waals surface area contributed by atoms with Crippen molar-refractivity contribution in [1.82, 2.24) is 4.90 Å². The van der Waals surface area contributed by atoms with Crippen molar-refractivity contribution in [1.29, 1.82) is 0 Å². The quantitative estimate of drug-likeness (QED) is 0.694. The Morgan fingerprint density at radius 2 is 2.00 bits per heavy atom. The smallest absolute Gasteiger partial charge is 0.176 e. The van der Waals surface area contributed by atoms with Gasteiger partial charge in [0, 0.05) is 5.56 Å². The first-order valence-electron chi connectivity index (χ1n) is 5.18. The average molecular weight is 209 g/mol. The Morgan fingerprint density at radius 1 is 1.33 bits per heavy atom. The first kappa shape index (κ1) is 11.9. The van der Waals surface area contributed by atoms with Crippen LogP contribution in [-0.4, -0.2) is 30.3 Å². The second-order valence-corrected chi connectivity index (χ2v) is 3.39. The van der Waals surface area contributed by atoms with E-state index < -0.39 is 0 Å². The largest absolute Gasteiger partial charge is 0.296 e. The van der Waals surface area contributed by atoms with E-state index in [1.807, 2.05) is 18.7 Å². The maximum Gasteiger partial charge on any atom is 0.176 e. The van der Waals surface area contributed by atoms with Gasteiger partial charge in [-0.1, -0.05) is 26.0 Å². The van der Waals surface area contributed by atoms with Crippen LogP contribution in [0.3, 0.4) is 0 Å². The zero-order chi connectivity index (χ0) is 11.3. The molecule has 0 radical (unpaired) electrons. The van der Waals surface area contributed by atoms with Gasteiger partial charge >= 0.3 is 0 Å². The van der Waals surface area contributed by atoms with Crippen LogP contribution in [0.25, 0.3) is 0 Å². The molecule has 0 fully saturated rings. The van der Waals surface area contributed by atoms with Crippen molar-refractivity contribution in [2.45, 2.75) is 13.8 Å². The highest BCUT2D eigenvalue weighted by atomic mass is 19.1. The van der Waals surface area contributed by atoms with Crippen LogP contribution >= 0.6 is 0 Å². The molecule has 1 aromatic rings. The Morgan fingerprint density at radius 3 is 2.53 bits per heavy atom. The molecule has 0 aromatic heterocycles. The number of hydrogen-bond acceptors (Lipinski definition) is 2. The van der Waals surface area contributed by atoms with Crippen LogP contribution in [0.4, 0.5) is 4.39 Å². The fraction of sp³-hybridized carbons (Fsp3) is 0.417. The van der Waals surface area contributed by atoms with Gasteiger partial charge in [-0.25, -0.2) is 4.39 Å². The third-order valence-corrected chi connectivity index (χ3v) is 2.41. The van der Waals surface area contributed by atoms with Crippen LogP contribution in [0.2, 0.25) is 0 Å². The summed E-state index contributed by atoms with van der Waals surface area (Å²) in [5.41, 5.74) is 0.446. The lowest BCUT2D eigenvalue weighted by Gasteiger charge is -2.16. The molecule has 0 amide bonds. The fourth-order valence-electron chi connectivity index (χ4n) is 1.40. The van der Waals surface area contributed by atoms with E-state index in [1.165, 1.54) is 12.1 Å². The third-order valence-electron chi connectivity index (χ3n) is 2.41. The van der Waals surface area contributed by atoms with E-state index in [0.717, 1.165) is 13.1 Å². The number of nitrogens with zero attached hydrogens (tertiary/aromatic N) is 1. The summed E-state index contributed by atoms with van der Waals surface area (Å²) < 4.78 is 12.9. The molecule has 0 saturated heterocycles. The van der Waals surface area contributed by atoms with E-state index in [2.05, 4.69) is 0 Å². The highest BCUT2D eigenvalue weighted by molar-refractivity contribution is 5.97. The van der Waals surface area contributed by atoms with Crippen LogP contribution in [-0.2, 0) is 0 Å². The molecular formula is C12H16FNO. The van der Waals surface area contributed by atoms with Gasteiger partial charge < -0.3 is 0 Å². The number of halogens is 1. The number of carbonyl (C=O) groups is 1. The number of ketones is 1. The van der Waals surface area contributed by atoms with Gasteiger partial charge in [0.25, 0.3) is 0 Å². The molecule has 0 heterocycles. The molecular weight excluding hydrogens is 193 g/mol. The molecule has 1 aromatic carbocycles. The molecule has 0 spiro atoms. The van der Waals surface area contributed by atoms with E-state index in [-0.39, 0.29) is 11.6 Å². The highest BCUT2D eigenvalue weighted by Crippen LogP contribution is 2.05. The van der Waals surface area contributed by atoms with Crippen LogP contribution < -0.4 is 0 Å². The van der Waals surface area contributed by atoms with Crippen LogP contribution in [0.1, 0.15) is 24.2 Å².